The van der Waals surface area contributed by atoms with Crippen molar-refractivity contribution >= 4 is 29.1 Å². The number of amides is 2. The summed E-state index contributed by atoms with van der Waals surface area (Å²) in [5.74, 6) is 0.674. The molecule has 1 aliphatic carbocycles. The lowest BCUT2D eigenvalue weighted by Gasteiger charge is -2.40. The zero-order chi connectivity index (χ0) is 28.1. The molecule has 208 valence electrons. The third-order valence-electron chi connectivity index (χ3n) is 8.86. The number of aryl methyl sites for hydroxylation is 1. The largest absolute Gasteiger partial charge is 0.381 e. The van der Waals surface area contributed by atoms with E-state index in [2.05, 4.69) is 48.2 Å². The van der Waals surface area contributed by atoms with Crippen molar-refractivity contribution in [1.29, 1.82) is 0 Å². The van der Waals surface area contributed by atoms with Crippen LogP contribution >= 0.6 is 0 Å². The molecule has 1 aromatic carbocycles. The first-order valence-corrected chi connectivity index (χ1v) is 14.2. The van der Waals surface area contributed by atoms with Crippen LogP contribution in [0.15, 0.2) is 30.5 Å². The number of carbonyl (C=O) groups is 3. The lowest BCUT2D eigenvalue weighted by atomic mass is 9.87. The molecule has 1 aromatic heterocycles. The summed E-state index contributed by atoms with van der Waals surface area (Å²) in [4.78, 5) is 45.1. The fourth-order valence-electron chi connectivity index (χ4n) is 5.92. The summed E-state index contributed by atoms with van der Waals surface area (Å²) in [5.41, 5.74) is 8.59. The first-order valence-electron chi connectivity index (χ1n) is 14.2. The number of piperidine rings is 1. The molecule has 3 atom stereocenters. The minimum absolute atomic E-state index is 0.0442. The fraction of sp³-hybridized carbons (Fsp3) is 0.548. The number of hydrogen-bond acceptors (Lipinski definition) is 6. The maximum Gasteiger partial charge on any atom is 0.251 e. The van der Waals surface area contributed by atoms with Gasteiger partial charge in [-0.25, -0.2) is 4.98 Å². The Kier molecular flexibility index (Phi) is 7.16. The Morgan fingerprint density at radius 1 is 1.03 bits per heavy atom. The van der Waals surface area contributed by atoms with Crippen molar-refractivity contribution in [2.75, 3.05) is 10.2 Å². The highest BCUT2D eigenvalue weighted by molar-refractivity contribution is 6.03. The molecular formula is C31H41N5O3. The number of aromatic nitrogens is 1. The van der Waals surface area contributed by atoms with Gasteiger partial charge in [-0.2, -0.15) is 0 Å². The molecule has 2 unspecified atom stereocenters. The van der Waals surface area contributed by atoms with Crippen molar-refractivity contribution in [3.8, 4) is 0 Å². The summed E-state index contributed by atoms with van der Waals surface area (Å²) in [6, 6.07) is 8.10. The summed E-state index contributed by atoms with van der Waals surface area (Å²) >= 11 is 0. The van der Waals surface area contributed by atoms with Crippen LogP contribution in [0.25, 0.3) is 0 Å². The predicted octanol–water partition coefficient (Wildman–Crippen LogP) is 4.86. The standard InChI is InChI=1S/C31H41N5O3/c1-17-12-25(29(32)38)26(34-18(2)31(3,4)5)15-24(17)30(39)35-21-13-22-9-10-23(14-21)36(22)27-11-8-20(16-33-27)28(37)19-6-7-19/h8,11-12,15-16,18-19,21-23,34H,6-7,9-10,13-14H2,1-5H3,(H2,32,38)(H,35,39)/t18-,21?,22?,23?/m1/s1. The molecule has 8 heteroatoms. The molecule has 2 aromatic rings. The van der Waals surface area contributed by atoms with E-state index in [1.807, 2.05) is 19.1 Å². The van der Waals surface area contributed by atoms with E-state index >= 15 is 0 Å². The van der Waals surface area contributed by atoms with Gasteiger partial charge in [-0.15, -0.1) is 0 Å². The monoisotopic (exact) mass is 531 g/mol. The van der Waals surface area contributed by atoms with Gasteiger partial charge in [-0.05, 0) is 87.6 Å². The van der Waals surface area contributed by atoms with Gasteiger partial charge in [-0.1, -0.05) is 20.8 Å². The SMILES string of the molecule is Cc1cc(C(N)=O)c(N[C@H](C)C(C)(C)C)cc1C(=O)NC1CC2CCC(C1)N2c1ccc(C(=O)C2CC2)cn1. The number of primary amides is 1. The number of anilines is 2. The molecule has 1 saturated carbocycles. The van der Waals surface area contributed by atoms with E-state index < -0.39 is 5.91 Å². The number of rotatable bonds is 8. The first-order chi connectivity index (χ1) is 18.4. The normalized spacial score (nSPS) is 23.3. The number of carbonyl (C=O) groups excluding carboxylic acids is 3. The molecule has 2 amide bonds. The lowest BCUT2D eigenvalue weighted by Crippen LogP contribution is -2.50. The van der Waals surface area contributed by atoms with Crippen molar-refractivity contribution in [3.63, 3.8) is 0 Å². The topological polar surface area (TPSA) is 117 Å². The zero-order valence-corrected chi connectivity index (χ0v) is 23.7. The van der Waals surface area contributed by atoms with Crippen LogP contribution in [0.5, 0.6) is 0 Å². The van der Waals surface area contributed by atoms with Crippen LogP contribution in [-0.4, -0.2) is 46.7 Å². The molecule has 2 aliphatic heterocycles. The number of benzene rings is 1. The zero-order valence-electron chi connectivity index (χ0n) is 23.7. The van der Waals surface area contributed by atoms with Gasteiger partial charge in [0.15, 0.2) is 5.78 Å². The average Bonchev–Trinajstić information content (AvgIpc) is 3.68. The molecule has 2 bridgehead atoms. The van der Waals surface area contributed by atoms with E-state index in [4.69, 9.17) is 5.73 Å². The van der Waals surface area contributed by atoms with Crippen molar-refractivity contribution < 1.29 is 14.4 Å². The van der Waals surface area contributed by atoms with E-state index in [0.717, 1.165) is 49.9 Å². The smallest absolute Gasteiger partial charge is 0.251 e. The highest BCUT2D eigenvalue weighted by Gasteiger charge is 2.42. The van der Waals surface area contributed by atoms with Crippen LogP contribution in [-0.2, 0) is 0 Å². The number of ketones is 1. The first kappa shape index (κ1) is 27.2. The quantitative estimate of drug-likeness (QED) is 0.419. The maximum absolute atomic E-state index is 13.5. The minimum atomic E-state index is -0.517. The van der Waals surface area contributed by atoms with Crippen LogP contribution in [0.4, 0.5) is 11.5 Å². The van der Waals surface area contributed by atoms with E-state index in [9.17, 15) is 14.4 Å². The highest BCUT2D eigenvalue weighted by Crippen LogP contribution is 2.39. The van der Waals surface area contributed by atoms with Gasteiger partial charge in [0.1, 0.15) is 5.82 Å². The Morgan fingerprint density at radius 3 is 2.23 bits per heavy atom. The minimum Gasteiger partial charge on any atom is -0.381 e. The van der Waals surface area contributed by atoms with Crippen molar-refractivity contribution in [2.45, 2.75) is 97.3 Å². The van der Waals surface area contributed by atoms with Crippen molar-refractivity contribution in [3.05, 3.63) is 52.7 Å². The average molecular weight is 532 g/mol. The second kappa shape index (κ2) is 10.3. The van der Waals surface area contributed by atoms with E-state index in [-0.39, 0.29) is 35.1 Å². The van der Waals surface area contributed by atoms with Crippen LogP contribution in [0, 0.1) is 18.3 Å². The Balaban J connectivity index is 1.28. The van der Waals surface area contributed by atoms with Gasteiger partial charge >= 0.3 is 0 Å². The van der Waals surface area contributed by atoms with Gasteiger partial charge in [0.2, 0.25) is 0 Å². The third kappa shape index (κ3) is 5.65. The van der Waals surface area contributed by atoms with E-state index in [1.54, 1.807) is 18.3 Å². The molecule has 5 rings (SSSR count). The Labute approximate surface area is 231 Å². The number of nitrogens with one attached hydrogen (secondary N) is 2. The molecule has 3 aliphatic rings. The molecule has 39 heavy (non-hydrogen) atoms. The molecular weight excluding hydrogens is 490 g/mol. The number of nitrogens with two attached hydrogens (primary N) is 1. The summed E-state index contributed by atoms with van der Waals surface area (Å²) < 4.78 is 0. The third-order valence-corrected chi connectivity index (χ3v) is 8.86. The fourth-order valence-corrected chi connectivity index (χ4v) is 5.92. The van der Waals surface area contributed by atoms with Crippen LogP contribution in [0.1, 0.15) is 103 Å². The predicted molar refractivity (Wildman–Crippen MR) is 153 cm³/mol. The summed E-state index contributed by atoms with van der Waals surface area (Å²) in [6.45, 7) is 10.3. The summed E-state index contributed by atoms with van der Waals surface area (Å²) in [7, 11) is 0. The molecule has 0 radical (unpaired) electrons. The number of Topliss-reactive ketones (excluding diaryl/α,β-unsaturated/α-hetero) is 1. The van der Waals surface area contributed by atoms with Crippen LogP contribution in [0.2, 0.25) is 0 Å². The summed E-state index contributed by atoms with van der Waals surface area (Å²) in [6.07, 6.45) is 7.53. The van der Waals surface area contributed by atoms with Crippen molar-refractivity contribution in [1.82, 2.24) is 10.3 Å². The number of hydrogen-bond donors (Lipinski definition) is 3. The molecule has 4 N–H and O–H groups in total. The van der Waals surface area contributed by atoms with Gasteiger partial charge < -0.3 is 21.3 Å². The Morgan fingerprint density at radius 2 is 1.69 bits per heavy atom. The van der Waals surface area contributed by atoms with Crippen molar-refractivity contribution in [2.24, 2.45) is 17.1 Å². The molecule has 3 heterocycles. The number of fused-ring (bicyclic) bond motifs is 2. The molecule has 3 fully saturated rings. The van der Waals surface area contributed by atoms with Gasteiger partial charge in [0, 0.05) is 53.1 Å². The molecule has 2 saturated heterocycles. The van der Waals surface area contributed by atoms with Gasteiger partial charge in [-0.3, -0.25) is 14.4 Å². The number of pyridine rings is 1. The molecule has 8 nitrogen and oxygen atoms in total. The van der Waals surface area contributed by atoms with Gasteiger partial charge in [0.05, 0.1) is 5.56 Å². The van der Waals surface area contributed by atoms with Crippen LogP contribution < -0.4 is 21.3 Å². The van der Waals surface area contributed by atoms with Gasteiger partial charge in [0.25, 0.3) is 11.8 Å². The van der Waals surface area contributed by atoms with E-state index in [1.165, 1.54) is 0 Å². The number of nitrogens with zero attached hydrogens (tertiary/aromatic N) is 2. The molecule has 0 spiro atoms. The van der Waals surface area contributed by atoms with Crippen LogP contribution in [0.3, 0.4) is 0 Å². The second-order valence-electron chi connectivity index (χ2n) is 12.8. The lowest BCUT2D eigenvalue weighted by molar-refractivity contribution is 0.0923. The second-order valence-corrected chi connectivity index (χ2v) is 12.8. The van der Waals surface area contributed by atoms with E-state index in [0.29, 0.717) is 34.5 Å². The highest BCUT2D eigenvalue weighted by atomic mass is 16.2. The maximum atomic E-state index is 13.5. The Hall–Kier alpha value is -3.42. The summed E-state index contributed by atoms with van der Waals surface area (Å²) in [5, 5.41) is 6.69. The Bertz CT molecular complexity index is 1260.